The van der Waals surface area contributed by atoms with Gasteiger partial charge < -0.3 is 9.73 Å². The van der Waals surface area contributed by atoms with Crippen LogP contribution in [0.25, 0.3) is 11.0 Å². The van der Waals surface area contributed by atoms with Crippen LogP contribution in [0.15, 0.2) is 44.8 Å². The Labute approximate surface area is 139 Å². The fraction of sp³-hybridized carbons (Fsp3) is 0.353. The Hall–Kier alpha value is -2.21. The van der Waals surface area contributed by atoms with E-state index < -0.39 is 0 Å². The van der Waals surface area contributed by atoms with Crippen LogP contribution in [0.2, 0.25) is 0 Å². The number of nitrogens with zero attached hydrogens (tertiary/aromatic N) is 1. The minimum absolute atomic E-state index is 0.108. The topological polar surface area (TPSA) is 66.6 Å². The molecule has 1 aliphatic rings. The average molecular weight is 329 g/mol. The molecule has 1 aromatic carbocycles. The van der Waals surface area contributed by atoms with Gasteiger partial charge in [-0.05, 0) is 37.2 Å². The number of nitrogens with one attached hydrogen (secondary N) is 2. The summed E-state index contributed by atoms with van der Waals surface area (Å²) in [6, 6.07) is 7.56. The maximum Gasteiger partial charge on any atom is 0.201 e. The van der Waals surface area contributed by atoms with E-state index in [1.54, 1.807) is 12.1 Å². The summed E-state index contributed by atoms with van der Waals surface area (Å²) in [6.07, 6.45) is 8.90. The average Bonchev–Trinajstić information content (AvgIpc) is 2.58. The highest BCUT2D eigenvalue weighted by Crippen LogP contribution is 2.17. The largest absolute Gasteiger partial charge is 0.463 e. The van der Waals surface area contributed by atoms with Gasteiger partial charge in [0.2, 0.25) is 5.43 Å². The van der Waals surface area contributed by atoms with E-state index in [1.807, 2.05) is 12.1 Å². The first-order valence-electron chi connectivity index (χ1n) is 7.84. The highest BCUT2D eigenvalue weighted by molar-refractivity contribution is 7.80. The maximum absolute atomic E-state index is 12.3. The van der Waals surface area contributed by atoms with Gasteiger partial charge in [-0.1, -0.05) is 31.4 Å². The molecular weight excluding hydrogens is 310 g/mol. The maximum atomic E-state index is 12.3. The molecule has 1 saturated carbocycles. The summed E-state index contributed by atoms with van der Waals surface area (Å²) >= 11 is 5.22. The monoisotopic (exact) mass is 329 g/mol. The van der Waals surface area contributed by atoms with Crippen LogP contribution in [-0.4, -0.2) is 17.4 Å². The van der Waals surface area contributed by atoms with E-state index >= 15 is 0 Å². The second kappa shape index (κ2) is 7.37. The first kappa shape index (κ1) is 15.7. The molecule has 0 unspecified atom stereocenters. The summed E-state index contributed by atoms with van der Waals surface area (Å²) in [5.41, 5.74) is 3.61. The number of thiocarbonyl (C=S) groups is 1. The predicted octanol–water partition coefficient (Wildman–Crippen LogP) is 2.92. The molecule has 23 heavy (non-hydrogen) atoms. The Morgan fingerprint density at radius 3 is 2.87 bits per heavy atom. The zero-order valence-corrected chi connectivity index (χ0v) is 13.6. The molecule has 0 amide bonds. The van der Waals surface area contributed by atoms with Gasteiger partial charge in [-0.3, -0.25) is 10.2 Å². The summed E-state index contributed by atoms with van der Waals surface area (Å²) in [6.45, 7) is 0. The molecule has 3 rings (SSSR count). The molecule has 0 saturated heterocycles. The Morgan fingerprint density at radius 1 is 1.26 bits per heavy atom. The molecule has 1 fully saturated rings. The van der Waals surface area contributed by atoms with Crippen molar-refractivity contribution in [1.82, 2.24) is 10.7 Å². The SMILES string of the molecule is O=c1c(/C=N/NC(=S)NC2CCCCC2)coc2ccccc12. The second-order valence-corrected chi connectivity index (χ2v) is 6.10. The van der Waals surface area contributed by atoms with E-state index in [2.05, 4.69) is 15.8 Å². The fourth-order valence-corrected chi connectivity index (χ4v) is 3.03. The smallest absolute Gasteiger partial charge is 0.201 e. The Morgan fingerprint density at radius 2 is 2.04 bits per heavy atom. The zero-order chi connectivity index (χ0) is 16.1. The molecule has 1 aromatic heterocycles. The van der Waals surface area contributed by atoms with Crippen LogP contribution in [-0.2, 0) is 0 Å². The standard InChI is InChI=1S/C17H19N3O2S/c21-16-12(11-22-15-9-5-4-8-14(15)16)10-18-20-17(23)19-13-6-2-1-3-7-13/h4-5,8-11,13H,1-3,6-7H2,(H2,19,20,23)/b18-10+. The lowest BCUT2D eigenvalue weighted by Crippen LogP contribution is -2.40. The van der Waals surface area contributed by atoms with Gasteiger partial charge in [0.1, 0.15) is 11.8 Å². The van der Waals surface area contributed by atoms with Crippen LogP contribution in [0.5, 0.6) is 0 Å². The summed E-state index contributed by atoms with van der Waals surface area (Å²) in [7, 11) is 0. The lowest BCUT2D eigenvalue weighted by molar-refractivity contribution is 0.412. The highest BCUT2D eigenvalue weighted by atomic mass is 32.1. The third-order valence-corrected chi connectivity index (χ3v) is 4.23. The number of fused-ring (bicyclic) bond motifs is 1. The third kappa shape index (κ3) is 3.96. The van der Waals surface area contributed by atoms with E-state index in [9.17, 15) is 4.79 Å². The van der Waals surface area contributed by atoms with Gasteiger partial charge in [-0.25, -0.2) is 0 Å². The van der Waals surface area contributed by atoms with E-state index in [0.717, 1.165) is 12.8 Å². The third-order valence-electron chi connectivity index (χ3n) is 4.02. The van der Waals surface area contributed by atoms with E-state index in [4.69, 9.17) is 16.6 Å². The lowest BCUT2D eigenvalue weighted by Gasteiger charge is -2.23. The Bertz CT molecular complexity index is 779. The van der Waals surface area contributed by atoms with Crippen molar-refractivity contribution >= 4 is 34.5 Å². The van der Waals surface area contributed by atoms with Crippen molar-refractivity contribution in [2.24, 2.45) is 5.10 Å². The molecule has 120 valence electrons. The lowest BCUT2D eigenvalue weighted by atomic mass is 9.96. The molecule has 2 N–H and O–H groups in total. The molecule has 0 spiro atoms. The Kier molecular flexibility index (Phi) is 5.02. The number of para-hydroxylation sites is 1. The van der Waals surface area contributed by atoms with Crippen LogP contribution in [0, 0.1) is 0 Å². The van der Waals surface area contributed by atoms with Gasteiger partial charge in [0.05, 0.1) is 17.2 Å². The number of rotatable bonds is 3. The van der Waals surface area contributed by atoms with Crippen LogP contribution in [0.3, 0.4) is 0 Å². The van der Waals surface area contributed by atoms with Crippen molar-refractivity contribution < 1.29 is 4.42 Å². The predicted molar refractivity (Wildman–Crippen MR) is 95.8 cm³/mol. The van der Waals surface area contributed by atoms with Gasteiger partial charge in [-0.2, -0.15) is 5.10 Å². The quantitative estimate of drug-likeness (QED) is 0.515. The molecular formula is C17H19N3O2S. The zero-order valence-electron chi connectivity index (χ0n) is 12.7. The first-order chi connectivity index (χ1) is 11.2. The van der Waals surface area contributed by atoms with Crippen molar-refractivity contribution in [1.29, 1.82) is 0 Å². The molecule has 0 bridgehead atoms. The van der Waals surface area contributed by atoms with Crippen LogP contribution >= 0.6 is 12.2 Å². The van der Waals surface area contributed by atoms with Gasteiger partial charge in [0, 0.05) is 6.04 Å². The van der Waals surface area contributed by atoms with Gasteiger partial charge in [0.25, 0.3) is 0 Å². The van der Waals surface area contributed by atoms with Crippen molar-refractivity contribution in [3.63, 3.8) is 0 Å². The van der Waals surface area contributed by atoms with Crippen LogP contribution in [0.4, 0.5) is 0 Å². The molecule has 5 nitrogen and oxygen atoms in total. The highest BCUT2D eigenvalue weighted by Gasteiger charge is 2.13. The van der Waals surface area contributed by atoms with Gasteiger partial charge in [-0.15, -0.1) is 0 Å². The van der Waals surface area contributed by atoms with E-state index in [1.165, 1.54) is 31.7 Å². The van der Waals surface area contributed by atoms with Crippen molar-refractivity contribution in [2.45, 2.75) is 38.1 Å². The molecule has 0 atom stereocenters. The number of benzene rings is 1. The van der Waals surface area contributed by atoms with Gasteiger partial charge >= 0.3 is 0 Å². The fourth-order valence-electron chi connectivity index (χ4n) is 2.81. The summed E-state index contributed by atoms with van der Waals surface area (Å²) in [5.74, 6) is 0. The van der Waals surface area contributed by atoms with Crippen molar-refractivity contribution in [3.05, 3.63) is 46.3 Å². The van der Waals surface area contributed by atoms with Crippen LogP contribution < -0.4 is 16.2 Å². The summed E-state index contributed by atoms with van der Waals surface area (Å²) in [5, 5.41) is 8.32. The van der Waals surface area contributed by atoms with Gasteiger partial charge in [0.15, 0.2) is 5.11 Å². The molecule has 1 aliphatic carbocycles. The van der Waals surface area contributed by atoms with Crippen LogP contribution in [0.1, 0.15) is 37.7 Å². The molecule has 0 aliphatic heterocycles. The molecule has 1 heterocycles. The first-order valence-corrected chi connectivity index (χ1v) is 8.25. The Balaban J connectivity index is 1.62. The molecule has 2 aromatic rings. The number of hydrogen-bond donors (Lipinski definition) is 2. The van der Waals surface area contributed by atoms with E-state index in [0.29, 0.717) is 27.7 Å². The molecule has 0 radical (unpaired) electrons. The normalized spacial score (nSPS) is 15.8. The molecule has 6 heteroatoms. The second-order valence-electron chi connectivity index (χ2n) is 5.69. The minimum Gasteiger partial charge on any atom is -0.463 e. The van der Waals surface area contributed by atoms with E-state index in [-0.39, 0.29) is 5.43 Å². The summed E-state index contributed by atoms with van der Waals surface area (Å²) in [4.78, 5) is 12.3. The van der Waals surface area contributed by atoms with Crippen molar-refractivity contribution in [3.8, 4) is 0 Å². The minimum atomic E-state index is -0.108. The number of hydrogen-bond acceptors (Lipinski definition) is 4. The number of hydrazone groups is 1. The summed E-state index contributed by atoms with van der Waals surface area (Å²) < 4.78 is 5.44. The van der Waals surface area contributed by atoms with Crippen molar-refractivity contribution in [2.75, 3.05) is 0 Å².